The van der Waals surface area contributed by atoms with Gasteiger partial charge >= 0.3 is 0 Å². The summed E-state index contributed by atoms with van der Waals surface area (Å²) in [5.74, 6) is 0.625. The van der Waals surface area contributed by atoms with E-state index in [-0.39, 0.29) is 0 Å². The molecule has 5 heteroatoms. The fraction of sp³-hybridized carbons (Fsp3) is 0. The molecule has 0 spiro atoms. The minimum Gasteiger partial charge on any atom is -0.455 e. The summed E-state index contributed by atoms with van der Waals surface area (Å²) in [6, 6.07) is 60.8. The lowest BCUT2D eigenvalue weighted by Gasteiger charge is -2.26. The molecule has 0 saturated carbocycles. The standard InChI is InChI=1S/C48H29N3O2/c1-3-16-33(17-4-1)51(34-18-5-2-6-19-34)40-23-13-25-42-43(40)39-29-38(35-20-9-10-21-36(35)46(39)53-42)48-49-44(32-27-26-30-14-7-8-15-31(30)28-32)47-45(50-48)37-22-11-12-24-41(37)52-47/h1-29H. The normalized spacial score (nSPS) is 11.8. The van der Waals surface area contributed by atoms with Crippen molar-refractivity contribution in [1.82, 2.24) is 9.97 Å². The van der Waals surface area contributed by atoms with E-state index in [0.29, 0.717) is 11.4 Å². The number of rotatable bonds is 5. The van der Waals surface area contributed by atoms with Crippen molar-refractivity contribution < 1.29 is 8.83 Å². The molecule has 248 valence electrons. The van der Waals surface area contributed by atoms with Gasteiger partial charge in [-0.2, -0.15) is 0 Å². The SMILES string of the molecule is c1ccc(N(c2ccccc2)c2cccc3oc4c5ccccc5c(-c5nc(-c6ccc7ccccc7c6)c6oc7ccccc7c6n5)cc4c23)cc1. The highest BCUT2D eigenvalue weighted by atomic mass is 16.3. The molecule has 0 aliphatic heterocycles. The number of aromatic nitrogens is 2. The van der Waals surface area contributed by atoms with Gasteiger partial charge in [0, 0.05) is 38.7 Å². The van der Waals surface area contributed by atoms with Crippen LogP contribution in [-0.4, -0.2) is 9.97 Å². The predicted octanol–water partition coefficient (Wildman–Crippen LogP) is 13.4. The molecule has 0 fully saturated rings. The zero-order valence-electron chi connectivity index (χ0n) is 28.4. The van der Waals surface area contributed by atoms with E-state index in [4.69, 9.17) is 18.8 Å². The summed E-state index contributed by atoms with van der Waals surface area (Å²) in [4.78, 5) is 13.0. The first-order valence-corrected chi connectivity index (χ1v) is 17.7. The second-order valence-corrected chi connectivity index (χ2v) is 13.3. The number of fused-ring (bicyclic) bond motifs is 9. The van der Waals surface area contributed by atoms with Gasteiger partial charge in [0.25, 0.3) is 0 Å². The van der Waals surface area contributed by atoms with Crippen LogP contribution < -0.4 is 4.90 Å². The molecule has 3 heterocycles. The molecule has 3 aromatic heterocycles. The van der Waals surface area contributed by atoms with Gasteiger partial charge in [0.15, 0.2) is 11.4 Å². The fourth-order valence-corrected chi connectivity index (χ4v) is 7.83. The van der Waals surface area contributed by atoms with Gasteiger partial charge in [-0.05, 0) is 76.8 Å². The fourth-order valence-electron chi connectivity index (χ4n) is 7.83. The van der Waals surface area contributed by atoms with Gasteiger partial charge < -0.3 is 13.7 Å². The van der Waals surface area contributed by atoms with Crippen LogP contribution in [0.5, 0.6) is 0 Å². The minimum absolute atomic E-state index is 0.625. The molecule has 8 aromatic carbocycles. The highest BCUT2D eigenvalue weighted by Gasteiger charge is 2.24. The first-order valence-electron chi connectivity index (χ1n) is 17.7. The topological polar surface area (TPSA) is 55.3 Å². The third-order valence-electron chi connectivity index (χ3n) is 10.2. The second-order valence-electron chi connectivity index (χ2n) is 13.3. The van der Waals surface area contributed by atoms with Crippen LogP contribution in [0.15, 0.2) is 185 Å². The zero-order valence-corrected chi connectivity index (χ0v) is 28.4. The number of furan rings is 2. The van der Waals surface area contributed by atoms with Crippen LogP contribution in [0.25, 0.3) is 88.2 Å². The van der Waals surface area contributed by atoms with Gasteiger partial charge in [0.05, 0.1) is 11.1 Å². The molecule has 0 radical (unpaired) electrons. The van der Waals surface area contributed by atoms with Gasteiger partial charge in [-0.15, -0.1) is 0 Å². The Morgan fingerprint density at radius 3 is 1.87 bits per heavy atom. The summed E-state index contributed by atoms with van der Waals surface area (Å²) < 4.78 is 13.3. The Kier molecular flexibility index (Phi) is 6.48. The van der Waals surface area contributed by atoms with E-state index in [1.807, 2.05) is 30.3 Å². The van der Waals surface area contributed by atoms with Gasteiger partial charge in [0.2, 0.25) is 0 Å². The summed E-state index contributed by atoms with van der Waals surface area (Å²) in [6.07, 6.45) is 0. The molecule has 0 aliphatic rings. The Morgan fingerprint density at radius 1 is 0.434 bits per heavy atom. The van der Waals surface area contributed by atoms with Crippen LogP contribution in [0.1, 0.15) is 0 Å². The lowest BCUT2D eigenvalue weighted by Crippen LogP contribution is -2.09. The minimum atomic E-state index is 0.625. The summed E-state index contributed by atoms with van der Waals surface area (Å²) in [7, 11) is 0. The maximum absolute atomic E-state index is 6.79. The van der Waals surface area contributed by atoms with Gasteiger partial charge in [0.1, 0.15) is 28.0 Å². The van der Waals surface area contributed by atoms with Crippen molar-refractivity contribution in [2.24, 2.45) is 0 Å². The van der Waals surface area contributed by atoms with Crippen molar-refractivity contribution in [3.8, 4) is 22.6 Å². The van der Waals surface area contributed by atoms with Crippen LogP contribution in [0.3, 0.4) is 0 Å². The van der Waals surface area contributed by atoms with Crippen molar-refractivity contribution in [3.63, 3.8) is 0 Å². The van der Waals surface area contributed by atoms with Crippen LogP contribution >= 0.6 is 0 Å². The monoisotopic (exact) mass is 679 g/mol. The van der Waals surface area contributed by atoms with Gasteiger partial charge in [-0.3, -0.25) is 0 Å². The Morgan fingerprint density at radius 2 is 1.08 bits per heavy atom. The Hall–Kier alpha value is -7.24. The second kappa shape index (κ2) is 11.7. The predicted molar refractivity (Wildman–Crippen MR) is 217 cm³/mol. The number of hydrogen-bond donors (Lipinski definition) is 0. The first kappa shape index (κ1) is 29.5. The molecule has 0 N–H and O–H groups in total. The van der Waals surface area contributed by atoms with E-state index in [1.54, 1.807) is 0 Å². The lowest BCUT2D eigenvalue weighted by atomic mass is 9.98. The van der Waals surface area contributed by atoms with E-state index >= 15 is 0 Å². The van der Waals surface area contributed by atoms with Crippen molar-refractivity contribution in [2.75, 3.05) is 4.90 Å². The average Bonchev–Trinajstić information content (AvgIpc) is 3.80. The molecule has 0 amide bonds. The summed E-state index contributed by atoms with van der Waals surface area (Å²) in [5.41, 5.74) is 9.67. The van der Waals surface area contributed by atoms with E-state index in [0.717, 1.165) is 88.5 Å². The van der Waals surface area contributed by atoms with E-state index in [1.165, 1.54) is 5.39 Å². The molecule has 11 aromatic rings. The van der Waals surface area contributed by atoms with Crippen LogP contribution in [-0.2, 0) is 0 Å². The molecule has 11 rings (SSSR count). The number of nitrogens with zero attached hydrogens (tertiary/aromatic N) is 3. The van der Waals surface area contributed by atoms with Gasteiger partial charge in [-0.1, -0.05) is 115 Å². The Balaban J connectivity index is 1.23. The summed E-state index contributed by atoms with van der Waals surface area (Å²) >= 11 is 0. The molecule has 0 bridgehead atoms. The zero-order chi connectivity index (χ0) is 34.9. The maximum atomic E-state index is 6.79. The third kappa shape index (κ3) is 4.64. The molecule has 0 aliphatic carbocycles. The van der Waals surface area contributed by atoms with Crippen LogP contribution in [0, 0.1) is 0 Å². The Bertz CT molecular complexity index is 3140. The molecule has 5 nitrogen and oxygen atoms in total. The van der Waals surface area contributed by atoms with Crippen LogP contribution in [0.2, 0.25) is 0 Å². The van der Waals surface area contributed by atoms with E-state index < -0.39 is 0 Å². The van der Waals surface area contributed by atoms with Crippen molar-refractivity contribution >= 4 is 82.6 Å². The highest BCUT2D eigenvalue weighted by Crippen LogP contribution is 2.46. The lowest BCUT2D eigenvalue weighted by molar-refractivity contribution is 0.667. The highest BCUT2D eigenvalue weighted by molar-refractivity contribution is 6.22. The van der Waals surface area contributed by atoms with Crippen molar-refractivity contribution in [2.45, 2.75) is 0 Å². The third-order valence-corrected chi connectivity index (χ3v) is 10.2. The average molecular weight is 680 g/mol. The number of hydrogen-bond acceptors (Lipinski definition) is 5. The molecular weight excluding hydrogens is 651 g/mol. The van der Waals surface area contributed by atoms with Crippen molar-refractivity contribution in [1.29, 1.82) is 0 Å². The van der Waals surface area contributed by atoms with Crippen molar-refractivity contribution in [3.05, 3.63) is 176 Å². The molecular formula is C48H29N3O2. The van der Waals surface area contributed by atoms with Crippen LogP contribution in [0.4, 0.5) is 17.1 Å². The first-order chi connectivity index (χ1) is 26.3. The Labute approximate surface area is 304 Å². The number of anilines is 3. The van der Waals surface area contributed by atoms with Gasteiger partial charge in [-0.25, -0.2) is 9.97 Å². The molecule has 0 atom stereocenters. The molecule has 0 unspecified atom stereocenters. The quantitative estimate of drug-likeness (QED) is 0.181. The largest absolute Gasteiger partial charge is 0.455 e. The maximum Gasteiger partial charge on any atom is 0.180 e. The smallest absolute Gasteiger partial charge is 0.180 e. The van der Waals surface area contributed by atoms with E-state index in [2.05, 4.69) is 150 Å². The van der Waals surface area contributed by atoms with E-state index in [9.17, 15) is 0 Å². The molecule has 53 heavy (non-hydrogen) atoms. The summed E-state index contributed by atoms with van der Waals surface area (Å²) in [5, 5.41) is 7.30. The number of benzene rings is 8. The summed E-state index contributed by atoms with van der Waals surface area (Å²) in [6.45, 7) is 0. The number of para-hydroxylation sites is 3. The molecule has 0 saturated heterocycles.